The van der Waals surface area contributed by atoms with E-state index in [1.807, 2.05) is 0 Å². The number of rotatable bonds is 0. The van der Waals surface area contributed by atoms with E-state index in [-0.39, 0.29) is 0 Å². The fourth-order valence-electron chi connectivity index (χ4n) is 2.55. The molecule has 0 spiro atoms. The zero-order valence-electron chi connectivity index (χ0n) is 9.33. The standard InChI is InChI=1S/C15H13N/c1-3-11-8-9-15-13(10-11)12-6-4-5-7-14(12)16(15)2/h1,4-7,10H,8-9H2,2H3. The smallest absolute Gasteiger partial charge is 0.0486 e. The second-order valence-corrected chi connectivity index (χ2v) is 4.25. The van der Waals surface area contributed by atoms with E-state index in [1.165, 1.54) is 22.2 Å². The largest absolute Gasteiger partial charge is 0.347 e. The Balaban J connectivity index is 2.39. The van der Waals surface area contributed by atoms with Crippen molar-refractivity contribution in [3.63, 3.8) is 0 Å². The molecule has 2 aromatic rings. The SMILES string of the molecule is C#CC1=Cc2c(n(C)c3ccccc23)CC1. The minimum atomic E-state index is 0.994. The molecule has 3 rings (SSSR count). The molecule has 1 heteroatoms. The molecule has 0 aliphatic heterocycles. The first-order chi connectivity index (χ1) is 7.81. The van der Waals surface area contributed by atoms with Crippen LogP contribution >= 0.6 is 0 Å². The molecule has 0 amide bonds. The monoisotopic (exact) mass is 207 g/mol. The summed E-state index contributed by atoms with van der Waals surface area (Å²) in [5, 5.41) is 1.31. The lowest BCUT2D eigenvalue weighted by atomic mass is 9.96. The number of fused-ring (bicyclic) bond motifs is 3. The van der Waals surface area contributed by atoms with Crippen LogP contribution in [0.4, 0.5) is 0 Å². The van der Waals surface area contributed by atoms with E-state index in [4.69, 9.17) is 6.42 Å². The molecule has 0 bridgehead atoms. The predicted octanol–water partition coefficient (Wildman–Crippen LogP) is 3.14. The summed E-state index contributed by atoms with van der Waals surface area (Å²) in [6, 6.07) is 8.50. The highest BCUT2D eigenvalue weighted by Crippen LogP contribution is 2.32. The minimum Gasteiger partial charge on any atom is -0.347 e. The van der Waals surface area contributed by atoms with E-state index in [0.717, 1.165) is 18.4 Å². The van der Waals surface area contributed by atoms with E-state index in [0.29, 0.717) is 0 Å². The minimum absolute atomic E-state index is 0.994. The second-order valence-electron chi connectivity index (χ2n) is 4.25. The third-order valence-corrected chi connectivity index (χ3v) is 3.41. The van der Waals surface area contributed by atoms with E-state index in [2.05, 4.69) is 47.9 Å². The molecule has 1 aromatic carbocycles. The fraction of sp³-hybridized carbons (Fsp3) is 0.200. The van der Waals surface area contributed by atoms with Crippen molar-refractivity contribution in [1.82, 2.24) is 4.57 Å². The van der Waals surface area contributed by atoms with E-state index < -0.39 is 0 Å². The highest BCUT2D eigenvalue weighted by molar-refractivity contribution is 5.92. The molecule has 1 aliphatic carbocycles. The summed E-state index contributed by atoms with van der Waals surface area (Å²) in [7, 11) is 2.13. The summed E-state index contributed by atoms with van der Waals surface area (Å²) in [6.45, 7) is 0. The molecule has 1 heterocycles. The average Bonchev–Trinajstić information content (AvgIpc) is 2.64. The lowest BCUT2D eigenvalue weighted by Gasteiger charge is -2.11. The van der Waals surface area contributed by atoms with Crippen molar-refractivity contribution < 1.29 is 0 Å². The number of nitrogens with zero attached hydrogens (tertiary/aromatic N) is 1. The third-order valence-electron chi connectivity index (χ3n) is 3.41. The van der Waals surface area contributed by atoms with Gasteiger partial charge >= 0.3 is 0 Å². The quantitative estimate of drug-likeness (QED) is 0.585. The van der Waals surface area contributed by atoms with Crippen molar-refractivity contribution in [2.24, 2.45) is 7.05 Å². The van der Waals surface area contributed by atoms with Gasteiger partial charge in [0, 0.05) is 34.8 Å². The van der Waals surface area contributed by atoms with Crippen LogP contribution in [0.2, 0.25) is 0 Å². The van der Waals surface area contributed by atoms with Gasteiger partial charge in [-0.3, -0.25) is 0 Å². The van der Waals surface area contributed by atoms with Crippen LogP contribution in [0.3, 0.4) is 0 Å². The van der Waals surface area contributed by atoms with Gasteiger partial charge in [0.25, 0.3) is 0 Å². The Hall–Kier alpha value is -1.94. The summed E-state index contributed by atoms with van der Waals surface area (Å²) in [5.74, 6) is 2.77. The first-order valence-electron chi connectivity index (χ1n) is 5.54. The summed E-state index contributed by atoms with van der Waals surface area (Å²) in [4.78, 5) is 0. The molecule has 0 saturated heterocycles. The molecule has 1 nitrogen and oxygen atoms in total. The van der Waals surface area contributed by atoms with Gasteiger partial charge in [0.1, 0.15) is 0 Å². The number of aromatic nitrogens is 1. The number of benzene rings is 1. The Kier molecular flexibility index (Phi) is 1.91. The van der Waals surface area contributed by atoms with Gasteiger partial charge < -0.3 is 4.57 Å². The van der Waals surface area contributed by atoms with Gasteiger partial charge in [0.2, 0.25) is 0 Å². The van der Waals surface area contributed by atoms with Crippen LogP contribution in [0.5, 0.6) is 0 Å². The van der Waals surface area contributed by atoms with Gasteiger partial charge in [-0.1, -0.05) is 24.1 Å². The Morgan fingerprint density at radius 3 is 2.88 bits per heavy atom. The highest BCUT2D eigenvalue weighted by atomic mass is 14.9. The topological polar surface area (TPSA) is 4.93 Å². The van der Waals surface area contributed by atoms with Crippen molar-refractivity contribution in [3.8, 4) is 12.3 Å². The normalized spacial score (nSPS) is 14.4. The molecular formula is C15H13N. The van der Waals surface area contributed by atoms with Gasteiger partial charge in [-0.25, -0.2) is 0 Å². The van der Waals surface area contributed by atoms with Crippen molar-refractivity contribution >= 4 is 17.0 Å². The number of hydrogen-bond acceptors (Lipinski definition) is 0. The average molecular weight is 207 g/mol. The zero-order valence-corrected chi connectivity index (χ0v) is 9.33. The maximum absolute atomic E-state index is 5.49. The first-order valence-corrected chi connectivity index (χ1v) is 5.54. The zero-order chi connectivity index (χ0) is 11.1. The molecule has 16 heavy (non-hydrogen) atoms. The molecule has 78 valence electrons. The molecule has 0 fully saturated rings. The lowest BCUT2D eigenvalue weighted by molar-refractivity contribution is 0.815. The van der Waals surface area contributed by atoms with Crippen LogP contribution < -0.4 is 0 Å². The lowest BCUT2D eigenvalue weighted by Crippen LogP contribution is -2.02. The number of para-hydroxylation sites is 1. The van der Waals surface area contributed by atoms with Crippen molar-refractivity contribution in [1.29, 1.82) is 0 Å². The van der Waals surface area contributed by atoms with Gasteiger partial charge in [0.05, 0.1) is 0 Å². The molecule has 0 atom stereocenters. The van der Waals surface area contributed by atoms with Crippen LogP contribution in [-0.2, 0) is 13.5 Å². The molecular weight excluding hydrogens is 194 g/mol. The Morgan fingerprint density at radius 2 is 2.06 bits per heavy atom. The van der Waals surface area contributed by atoms with E-state index >= 15 is 0 Å². The summed E-state index contributed by atoms with van der Waals surface area (Å²) < 4.78 is 2.29. The van der Waals surface area contributed by atoms with Gasteiger partial charge in [-0.05, 0) is 25.0 Å². The summed E-state index contributed by atoms with van der Waals surface area (Å²) >= 11 is 0. The molecule has 0 saturated carbocycles. The molecule has 1 aromatic heterocycles. The van der Waals surface area contributed by atoms with Crippen LogP contribution in [0.1, 0.15) is 17.7 Å². The first kappa shape index (κ1) is 9.30. The fourth-order valence-corrected chi connectivity index (χ4v) is 2.55. The van der Waals surface area contributed by atoms with Crippen LogP contribution in [0.25, 0.3) is 17.0 Å². The Bertz CT molecular complexity index is 635. The number of allylic oxidation sites excluding steroid dienone is 1. The number of aryl methyl sites for hydroxylation is 1. The van der Waals surface area contributed by atoms with E-state index in [1.54, 1.807) is 0 Å². The maximum atomic E-state index is 5.49. The van der Waals surface area contributed by atoms with Crippen LogP contribution in [0, 0.1) is 12.3 Å². The van der Waals surface area contributed by atoms with Crippen LogP contribution in [0.15, 0.2) is 29.8 Å². The number of terminal acetylenes is 1. The van der Waals surface area contributed by atoms with Gasteiger partial charge in [-0.15, -0.1) is 6.42 Å². The predicted molar refractivity (Wildman–Crippen MR) is 68.1 cm³/mol. The molecule has 0 radical (unpaired) electrons. The molecule has 1 aliphatic rings. The van der Waals surface area contributed by atoms with Crippen molar-refractivity contribution in [2.45, 2.75) is 12.8 Å². The summed E-state index contributed by atoms with van der Waals surface area (Å²) in [5.41, 5.74) is 5.13. The highest BCUT2D eigenvalue weighted by Gasteiger charge is 2.16. The number of hydrogen-bond donors (Lipinski definition) is 0. The third kappa shape index (κ3) is 1.13. The maximum Gasteiger partial charge on any atom is 0.0486 e. The molecule has 0 unspecified atom stereocenters. The second kappa shape index (κ2) is 3.28. The van der Waals surface area contributed by atoms with Crippen molar-refractivity contribution in [3.05, 3.63) is 41.1 Å². The van der Waals surface area contributed by atoms with Gasteiger partial charge in [-0.2, -0.15) is 0 Å². The van der Waals surface area contributed by atoms with Crippen molar-refractivity contribution in [2.75, 3.05) is 0 Å². The molecule has 0 N–H and O–H groups in total. The Morgan fingerprint density at radius 1 is 1.25 bits per heavy atom. The van der Waals surface area contributed by atoms with Gasteiger partial charge in [0.15, 0.2) is 0 Å². The summed E-state index contributed by atoms with van der Waals surface area (Å²) in [6.07, 6.45) is 9.70. The van der Waals surface area contributed by atoms with E-state index in [9.17, 15) is 0 Å². The Labute approximate surface area is 95.4 Å². The van der Waals surface area contributed by atoms with Crippen LogP contribution in [-0.4, -0.2) is 4.57 Å².